The fourth-order valence-corrected chi connectivity index (χ4v) is 4.47. The number of piperidine rings is 1. The summed E-state index contributed by atoms with van der Waals surface area (Å²) in [6.07, 6.45) is -1.22. The first-order valence-electron chi connectivity index (χ1n) is 13.1. The van der Waals surface area contributed by atoms with Crippen molar-refractivity contribution in [3.05, 3.63) is 71.0 Å². The van der Waals surface area contributed by atoms with Crippen molar-refractivity contribution in [1.29, 1.82) is 0 Å². The van der Waals surface area contributed by atoms with Gasteiger partial charge in [-0.1, -0.05) is 77.9 Å². The molecule has 1 saturated heterocycles. The Hall–Kier alpha value is -2.41. The van der Waals surface area contributed by atoms with Gasteiger partial charge in [-0.25, -0.2) is 4.39 Å². The monoisotopic (exact) mass is 523 g/mol. The largest absolute Gasteiger partial charge is 0.388 e. The number of hydrogen-bond donors (Lipinski definition) is 0. The maximum Gasteiger partial charge on any atom is 0.388 e. The molecule has 1 unspecified atom stereocenters. The minimum absolute atomic E-state index is 0.0578. The number of likely N-dealkylation sites (tertiary alicyclic amines) is 1. The highest BCUT2D eigenvalue weighted by molar-refractivity contribution is 5.94. The Morgan fingerprint density at radius 1 is 1.00 bits per heavy atom. The topological polar surface area (TPSA) is 29.5 Å². The van der Waals surface area contributed by atoms with Gasteiger partial charge in [0.15, 0.2) is 0 Å². The van der Waals surface area contributed by atoms with Gasteiger partial charge in [0, 0.05) is 25.1 Å². The molecule has 0 spiro atoms. The molecule has 7 heteroatoms. The fraction of sp³-hybridized carbons (Fsp3) is 0.567. The zero-order chi connectivity index (χ0) is 27.9. The maximum atomic E-state index is 14.6. The standard InChI is InChI=1S/C27H36FNO2.C3H5F3/c1-6-24(20-11-9-8-10-12-20)31-27(7-2)15-17-29(18-16-27)25(30)21-13-14-22(23(28)19-21)26(3,4)5;1-2-3(4,5)6/h8-14,19,24H,6-7,15-18H2,1-5H3;2H2,1H3. The molecule has 1 aliphatic heterocycles. The van der Waals surface area contributed by atoms with Gasteiger partial charge in [-0.3, -0.25) is 4.79 Å². The van der Waals surface area contributed by atoms with Crippen LogP contribution in [-0.2, 0) is 10.2 Å². The van der Waals surface area contributed by atoms with Gasteiger partial charge < -0.3 is 9.64 Å². The van der Waals surface area contributed by atoms with E-state index in [1.807, 2.05) is 43.9 Å². The average Bonchev–Trinajstić information content (AvgIpc) is 2.87. The van der Waals surface area contributed by atoms with Crippen LogP contribution in [0.5, 0.6) is 0 Å². The molecule has 2 aromatic rings. The van der Waals surface area contributed by atoms with Crippen molar-refractivity contribution in [1.82, 2.24) is 4.90 Å². The number of carbonyl (C=O) groups is 1. The second-order valence-electron chi connectivity index (χ2n) is 10.7. The summed E-state index contributed by atoms with van der Waals surface area (Å²) in [4.78, 5) is 14.9. The van der Waals surface area contributed by atoms with Crippen molar-refractivity contribution < 1.29 is 27.1 Å². The van der Waals surface area contributed by atoms with Crippen molar-refractivity contribution in [2.75, 3.05) is 13.1 Å². The summed E-state index contributed by atoms with van der Waals surface area (Å²) in [5.74, 6) is -0.408. The molecule has 1 aliphatic rings. The van der Waals surface area contributed by atoms with Gasteiger partial charge in [0.25, 0.3) is 5.91 Å². The van der Waals surface area contributed by atoms with Crippen LogP contribution in [0.25, 0.3) is 0 Å². The summed E-state index contributed by atoms with van der Waals surface area (Å²) in [6.45, 7) is 12.6. The first kappa shape index (κ1) is 30.8. The van der Waals surface area contributed by atoms with Crippen LogP contribution in [0.1, 0.15) is 101 Å². The SMILES string of the molecule is CCC(F)(F)F.CCC(OC1(CC)CCN(C(=O)c2ccc(C(C)(C)C)c(F)c2)CC1)c1ccccc1. The number of carbonyl (C=O) groups excluding carboxylic acids is 1. The van der Waals surface area contributed by atoms with Gasteiger partial charge in [0.2, 0.25) is 0 Å². The number of alkyl halides is 3. The van der Waals surface area contributed by atoms with Crippen LogP contribution >= 0.6 is 0 Å². The van der Waals surface area contributed by atoms with Crippen LogP contribution < -0.4 is 0 Å². The zero-order valence-corrected chi connectivity index (χ0v) is 22.9. The average molecular weight is 524 g/mol. The van der Waals surface area contributed by atoms with Crippen molar-refractivity contribution in [3.63, 3.8) is 0 Å². The van der Waals surface area contributed by atoms with E-state index in [-0.39, 0.29) is 28.8 Å². The summed E-state index contributed by atoms with van der Waals surface area (Å²) in [6, 6.07) is 15.2. The number of hydrogen-bond acceptors (Lipinski definition) is 2. The minimum Gasteiger partial charge on any atom is -0.367 e. The Kier molecular flexibility index (Phi) is 10.7. The molecule has 0 saturated carbocycles. The lowest BCUT2D eigenvalue weighted by atomic mass is 9.85. The molecule has 3 rings (SSSR count). The van der Waals surface area contributed by atoms with Crippen LogP contribution in [0, 0.1) is 5.82 Å². The maximum absolute atomic E-state index is 14.6. The van der Waals surface area contributed by atoms with Crippen LogP contribution in [-0.4, -0.2) is 35.7 Å². The number of benzene rings is 2. The van der Waals surface area contributed by atoms with Crippen LogP contribution in [0.4, 0.5) is 17.6 Å². The molecule has 0 bridgehead atoms. The number of ether oxygens (including phenoxy) is 1. The highest BCUT2D eigenvalue weighted by Gasteiger charge is 2.37. The molecule has 3 nitrogen and oxygen atoms in total. The van der Waals surface area contributed by atoms with E-state index in [0.717, 1.165) is 32.6 Å². The molecule has 1 amide bonds. The fourth-order valence-electron chi connectivity index (χ4n) is 4.47. The predicted octanol–water partition coefficient (Wildman–Crippen LogP) is 8.63. The quantitative estimate of drug-likeness (QED) is 0.355. The van der Waals surface area contributed by atoms with Gasteiger partial charge in [0.05, 0.1) is 11.7 Å². The lowest BCUT2D eigenvalue weighted by Gasteiger charge is -2.43. The van der Waals surface area contributed by atoms with E-state index in [2.05, 4.69) is 26.0 Å². The Morgan fingerprint density at radius 2 is 1.57 bits per heavy atom. The highest BCUT2D eigenvalue weighted by atomic mass is 19.4. The Morgan fingerprint density at radius 3 is 2.00 bits per heavy atom. The predicted molar refractivity (Wildman–Crippen MR) is 140 cm³/mol. The summed E-state index contributed by atoms with van der Waals surface area (Å²) in [5.41, 5.74) is 1.74. The highest BCUT2D eigenvalue weighted by Crippen LogP contribution is 2.37. The molecule has 0 N–H and O–H groups in total. The normalized spacial score (nSPS) is 16.5. The lowest BCUT2D eigenvalue weighted by Crippen LogP contribution is -2.48. The number of halogens is 4. The third-order valence-corrected chi connectivity index (χ3v) is 6.97. The molecule has 1 atom stereocenters. The molecule has 1 fully saturated rings. The van der Waals surface area contributed by atoms with Crippen LogP contribution in [0.3, 0.4) is 0 Å². The van der Waals surface area contributed by atoms with E-state index < -0.39 is 12.6 Å². The van der Waals surface area contributed by atoms with E-state index in [1.165, 1.54) is 11.6 Å². The van der Waals surface area contributed by atoms with Gasteiger partial charge >= 0.3 is 6.18 Å². The van der Waals surface area contributed by atoms with Crippen molar-refractivity contribution in [3.8, 4) is 0 Å². The molecular weight excluding hydrogens is 482 g/mol. The molecule has 2 aromatic carbocycles. The number of amides is 1. The van der Waals surface area contributed by atoms with Gasteiger partial charge in [0.1, 0.15) is 5.82 Å². The Labute approximate surface area is 219 Å². The lowest BCUT2D eigenvalue weighted by molar-refractivity contribution is -0.130. The van der Waals surface area contributed by atoms with E-state index >= 15 is 0 Å². The number of nitrogens with zero attached hydrogens (tertiary/aromatic N) is 1. The van der Waals surface area contributed by atoms with Gasteiger partial charge in [-0.15, -0.1) is 0 Å². The summed E-state index contributed by atoms with van der Waals surface area (Å²) >= 11 is 0. The van der Waals surface area contributed by atoms with Crippen molar-refractivity contribution in [2.24, 2.45) is 0 Å². The summed E-state index contributed by atoms with van der Waals surface area (Å²) in [5, 5.41) is 0. The summed E-state index contributed by atoms with van der Waals surface area (Å²) < 4.78 is 53.6. The molecule has 1 heterocycles. The molecular formula is C30H41F4NO2. The number of rotatable bonds is 6. The van der Waals surface area contributed by atoms with E-state index in [1.54, 1.807) is 12.1 Å². The van der Waals surface area contributed by atoms with E-state index in [4.69, 9.17) is 4.74 Å². The van der Waals surface area contributed by atoms with E-state index in [9.17, 15) is 22.4 Å². The second-order valence-corrected chi connectivity index (χ2v) is 10.7. The smallest absolute Gasteiger partial charge is 0.367 e. The van der Waals surface area contributed by atoms with Gasteiger partial charge in [-0.05, 0) is 54.4 Å². The van der Waals surface area contributed by atoms with Crippen LogP contribution in [0.15, 0.2) is 48.5 Å². The molecule has 0 radical (unpaired) electrons. The van der Waals surface area contributed by atoms with Crippen LogP contribution in [0.2, 0.25) is 0 Å². The third-order valence-electron chi connectivity index (χ3n) is 6.97. The molecule has 0 aliphatic carbocycles. The third kappa shape index (κ3) is 8.84. The molecule has 206 valence electrons. The second kappa shape index (κ2) is 12.9. The van der Waals surface area contributed by atoms with Gasteiger partial charge in [-0.2, -0.15) is 13.2 Å². The summed E-state index contributed by atoms with van der Waals surface area (Å²) in [7, 11) is 0. The Balaban J connectivity index is 0.000000717. The first-order chi connectivity index (χ1) is 17.2. The molecule has 37 heavy (non-hydrogen) atoms. The zero-order valence-electron chi connectivity index (χ0n) is 22.9. The van der Waals surface area contributed by atoms with E-state index in [0.29, 0.717) is 24.2 Å². The molecule has 0 aromatic heterocycles. The van der Waals surface area contributed by atoms with Crippen molar-refractivity contribution >= 4 is 5.91 Å². The first-order valence-corrected chi connectivity index (χ1v) is 13.1. The minimum atomic E-state index is -3.96. The van der Waals surface area contributed by atoms with Crippen molar-refractivity contribution in [2.45, 2.75) is 96.9 Å². The Bertz CT molecular complexity index is 991.